The molecule has 0 spiro atoms. The number of carbonyl (C=O) groups is 1. The molecule has 1 aromatic carbocycles. The number of nitrogens with one attached hydrogen (secondary N) is 1. The van der Waals surface area contributed by atoms with E-state index in [0.717, 1.165) is 26.9 Å². The van der Waals surface area contributed by atoms with E-state index in [-0.39, 0.29) is 11.1 Å². The molecule has 150 valence electrons. The van der Waals surface area contributed by atoms with Crippen molar-refractivity contribution < 1.29 is 9.53 Å². The van der Waals surface area contributed by atoms with Crippen LogP contribution in [0.1, 0.15) is 21.7 Å². The minimum Gasteiger partial charge on any atom is -0.465 e. The zero-order chi connectivity index (χ0) is 20.8. The average Bonchev–Trinajstić information content (AvgIpc) is 3.44. The summed E-state index contributed by atoms with van der Waals surface area (Å²) < 4.78 is 8.32. The standard InChI is InChI=1S/C19H15N7O3S/c1-10-20-23-19-26(10)24-17(30-19)12-5-3-11(4-6-12)7-25-8-13-15(21-22-16(13)27)14(9-25)18(28)29-2/h3-6,8-9H,7H2,1-2H3,(H,22,27). The van der Waals surface area contributed by atoms with Crippen LogP contribution in [0.4, 0.5) is 0 Å². The molecule has 0 fully saturated rings. The molecule has 0 saturated heterocycles. The molecule has 10 nitrogen and oxygen atoms in total. The summed E-state index contributed by atoms with van der Waals surface area (Å²) in [6.45, 7) is 2.33. The molecule has 0 atom stereocenters. The van der Waals surface area contributed by atoms with E-state index in [9.17, 15) is 9.59 Å². The number of aromatic amines is 1. The van der Waals surface area contributed by atoms with E-state index in [0.29, 0.717) is 17.8 Å². The van der Waals surface area contributed by atoms with Crippen molar-refractivity contribution in [3.8, 4) is 21.8 Å². The molecule has 11 heteroatoms. The lowest BCUT2D eigenvalue weighted by Gasteiger charge is -2.12. The Morgan fingerprint density at radius 3 is 2.73 bits per heavy atom. The molecule has 1 N–H and O–H groups in total. The highest BCUT2D eigenvalue weighted by Crippen LogP contribution is 2.26. The Kier molecular flexibility index (Phi) is 4.17. The Balaban J connectivity index is 1.46. The number of pyridine rings is 1. The first-order valence-electron chi connectivity index (χ1n) is 8.98. The van der Waals surface area contributed by atoms with Gasteiger partial charge < -0.3 is 9.30 Å². The topological polar surface area (TPSA) is 120 Å². The van der Waals surface area contributed by atoms with Crippen LogP contribution in [0, 0.1) is 6.92 Å². The number of esters is 1. The highest BCUT2D eigenvalue weighted by Gasteiger charge is 2.21. The summed E-state index contributed by atoms with van der Waals surface area (Å²) in [6.07, 6.45) is 3.31. The van der Waals surface area contributed by atoms with Crippen molar-refractivity contribution >= 4 is 22.3 Å². The number of hydrogen-bond donors (Lipinski definition) is 1. The van der Waals surface area contributed by atoms with Gasteiger partial charge in [0.05, 0.1) is 12.7 Å². The predicted octanol–water partition coefficient (Wildman–Crippen LogP) is 1.99. The Morgan fingerprint density at radius 2 is 2.00 bits per heavy atom. The van der Waals surface area contributed by atoms with Crippen molar-refractivity contribution in [2.24, 2.45) is 0 Å². The number of rotatable bonds is 4. The van der Waals surface area contributed by atoms with E-state index in [2.05, 4.69) is 25.5 Å². The Hall–Kier alpha value is -3.86. The molecule has 2 aromatic heterocycles. The third-order valence-corrected chi connectivity index (χ3v) is 5.68. The van der Waals surface area contributed by atoms with Gasteiger partial charge in [-0.3, -0.25) is 4.79 Å². The van der Waals surface area contributed by atoms with Crippen molar-refractivity contribution in [2.75, 3.05) is 7.11 Å². The van der Waals surface area contributed by atoms with Gasteiger partial charge in [-0.25, -0.2) is 9.89 Å². The van der Waals surface area contributed by atoms with Crippen LogP contribution >= 0.6 is 11.3 Å². The van der Waals surface area contributed by atoms with E-state index in [1.165, 1.54) is 18.4 Å². The molecule has 0 radical (unpaired) electrons. The molecule has 5 rings (SSSR count). The summed E-state index contributed by atoms with van der Waals surface area (Å²) in [7, 11) is 1.29. The number of H-pyrrole nitrogens is 1. The molecule has 30 heavy (non-hydrogen) atoms. The largest absolute Gasteiger partial charge is 0.465 e. The number of nitrogens with zero attached hydrogens (tertiary/aromatic N) is 6. The first-order chi connectivity index (χ1) is 14.5. The highest BCUT2D eigenvalue weighted by atomic mass is 32.1. The highest BCUT2D eigenvalue weighted by molar-refractivity contribution is 7.19. The van der Waals surface area contributed by atoms with Crippen LogP contribution in [0.5, 0.6) is 0 Å². The summed E-state index contributed by atoms with van der Waals surface area (Å²) in [6, 6.07) is 7.92. The lowest BCUT2D eigenvalue weighted by molar-refractivity contribution is 0.0600. The maximum absolute atomic E-state index is 12.1. The predicted molar refractivity (Wildman–Crippen MR) is 109 cm³/mol. The normalized spacial score (nSPS) is 11.4. The number of benzene rings is 1. The van der Waals surface area contributed by atoms with Crippen molar-refractivity contribution in [3.05, 3.63) is 64.0 Å². The number of aryl methyl sites for hydroxylation is 1. The van der Waals surface area contributed by atoms with Gasteiger partial charge in [-0.1, -0.05) is 35.6 Å². The number of carbonyl (C=O) groups excluding carboxylic acids is 1. The van der Waals surface area contributed by atoms with Crippen LogP contribution < -0.4 is 5.56 Å². The molecule has 0 bridgehead atoms. The second-order valence-electron chi connectivity index (χ2n) is 6.70. The van der Waals surface area contributed by atoms with Gasteiger partial charge >= 0.3 is 5.97 Å². The van der Waals surface area contributed by atoms with Gasteiger partial charge in [0, 0.05) is 24.5 Å². The lowest BCUT2D eigenvalue weighted by Crippen LogP contribution is -2.12. The van der Waals surface area contributed by atoms with Crippen molar-refractivity contribution in [1.29, 1.82) is 0 Å². The SMILES string of the molecule is COC(=O)c1cn(Cc2ccc(-c3nn4c(C)nnc4s3)cc2)cc2c(=O)[nH]nc1-2. The van der Waals surface area contributed by atoms with Crippen LogP contribution in [-0.4, -0.2) is 47.7 Å². The van der Waals surface area contributed by atoms with Gasteiger partial charge in [0.25, 0.3) is 5.56 Å². The number of ether oxygens (including phenoxy) is 1. The summed E-state index contributed by atoms with van der Waals surface area (Å²) in [5, 5.41) is 19.8. The molecule has 3 aromatic rings. The fourth-order valence-electron chi connectivity index (χ4n) is 3.24. The Labute approximate surface area is 173 Å². The van der Waals surface area contributed by atoms with Crippen LogP contribution in [-0.2, 0) is 11.3 Å². The van der Waals surface area contributed by atoms with E-state index in [1.807, 2.05) is 31.2 Å². The Bertz CT molecular complexity index is 1410. The fourth-order valence-corrected chi connectivity index (χ4v) is 4.13. The molecule has 0 saturated carbocycles. The van der Waals surface area contributed by atoms with Gasteiger partial charge in [-0.15, -0.1) is 10.2 Å². The molecule has 2 aliphatic rings. The third-order valence-electron chi connectivity index (χ3n) is 4.73. The number of fused-ring (bicyclic) bond motifs is 2. The minimum absolute atomic E-state index is 0.236. The molecular weight excluding hydrogens is 406 g/mol. The first-order valence-corrected chi connectivity index (χ1v) is 9.80. The van der Waals surface area contributed by atoms with Crippen LogP contribution in [0.2, 0.25) is 0 Å². The van der Waals surface area contributed by atoms with E-state index in [4.69, 9.17) is 4.74 Å². The summed E-state index contributed by atoms with van der Waals surface area (Å²) in [4.78, 5) is 24.9. The summed E-state index contributed by atoms with van der Waals surface area (Å²) in [5.74, 6) is 0.198. The lowest BCUT2D eigenvalue weighted by atomic mass is 10.1. The average molecular weight is 421 g/mol. The number of methoxy groups -OCH3 is 1. The molecule has 0 unspecified atom stereocenters. The van der Waals surface area contributed by atoms with Gasteiger partial charge in [0.1, 0.15) is 16.3 Å². The maximum Gasteiger partial charge on any atom is 0.341 e. The quantitative estimate of drug-likeness (QED) is 0.441. The van der Waals surface area contributed by atoms with Crippen molar-refractivity contribution in [1.82, 2.24) is 34.6 Å². The molecule has 4 heterocycles. The monoisotopic (exact) mass is 421 g/mol. The van der Waals surface area contributed by atoms with Crippen molar-refractivity contribution in [2.45, 2.75) is 13.5 Å². The fraction of sp³-hybridized carbons (Fsp3) is 0.158. The third kappa shape index (κ3) is 2.95. The van der Waals surface area contributed by atoms with Crippen LogP contribution in [0.15, 0.2) is 41.5 Å². The second-order valence-corrected chi connectivity index (χ2v) is 7.65. The molecule has 0 amide bonds. The van der Waals surface area contributed by atoms with E-state index in [1.54, 1.807) is 21.5 Å². The zero-order valence-electron chi connectivity index (χ0n) is 16.0. The van der Waals surface area contributed by atoms with Crippen LogP contribution in [0.3, 0.4) is 0 Å². The number of hydrogen-bond acceptors (Lipinski definition) is 8. The molecular formula is C19H15N7O3S. The smallest absolute Gasteiger partial charge is 0.341 e. The summed E-state index contributed by atoms with van der Waals surface area (Å²) in [5.41, 5.74) is 2.50. The minimum atomic E-state index is -0.547. The van der Waals surface area contributed by atoms with E-state index >= 15 is 0 Å². The number of aromatic nitrogens is 7. The van der Waals surface area contributed by atoms with Gasteiger partial charge in [-0.2, -0.15) is 14.7 Å². The van der Waals surface area contributed by atoms with Crippen molar-refractivity contribution in [3.63, 3.8) is 0 Å². The Morgan fingerprint density at radius 1 is 1.20 bits per heavy atom. The maximum atomic E-state index is 12.1. The first kappa shape index (κ1) is 18.2. The molecule has 2 aliphatic heterocycles. The van der Waals surface area contributed by atoms with Gasteiger partial charge in [0.2, 0.25) is 4.96 Å². The summed E-state index contributed by atoms with van der Waals surface area (Å²) >= 11 is 1.47. The van der Waals surface area contributed by atoms with Crippen LogP contribution in [0.25, 0.3) is 26.8 Å². The second kappa shape index (κ2) is 6.88. The van der Waals surface area contributed by atoms with Gasteiger partial charge in [0.15, 0.2) is 5.82 Å². The zero-order valence-corrected chi connectivity index (χ0v) is 16.8. The molecule has 0 aliphatic carbocycles. The van der Waals surface area contributed by atoms with E-state index < -0.39 is 5.97 Å². The van der Waals surface area contributed by atoms with Gasteiger partial charge in [-0.05, 0) is 12.5 Å².